The van der Waals surface area contributed by atoms with Crippen LogP contribution in [0.4, 0.5) is 0 Å². The molecule has 0 aliphatic heterocycles. The lowest BCUT2D eigenvalue weighted by Crippen LogP contribution is -2.10. The Labute approximate surface area is 134 Å². The van der Waals surface area contributed by atoms with E-state index in [1.165, 1.54) is 0 Å². The fraction of sp³-hybridized carbons (Fsp3) is 0. The third kappa shape index (κ3) is 3.60. The number of hydrogen-bond donors (Lipinski definition) is 1. The van der Waals surface area contributed by atoms with Gasteiger partial charge in [-0.2, -0.15) is 0 Å². The van der Waals surface area contributed by atoms with Gasteiger partial charge in [-0.05, 0) is 36.4 Å². The van der Waals surface area contributed by atoms with Crippen molar-refractivity contribution in [3.8, 4) is 23.1 Å². The van der Waals surface area contributed by atoms with Gasteiger partial charge in [0, 0.05) is 40.8 Å². The standard InChI is InChI=1S/C19H13N3O/c20-19(23)17-9-12-22-18(13-17)16-5-3-14(4-6-16)1-2-15-7-10-21-11-8-15/h3-13H,(H2,20,23). The van der Waals surface area contributed by atoms with E-state index in [1.54, 1.807) is 30.7 Å². The molecule has 0 unspecified atom stereocenters. The summed E-state index contributed by atoms with van der Waals surface area (Å²) in [5.41, 5.74) is 9.16. The maximum absolute atomic E-state index is 11.2. The Bertz CT molecular complexity index is 891. The van der Waals surface area contributed by atoms with Crippen LogP contribution in [0.25, 0.3) is 11.3 Å². The minimum absolute atomic E-state index is 0.441. The zero-order chi connectivity index (χ0) is 16.1. The van der Waals surface area contributed by atoms with E-state index in [2.05, 4.69) is 21.8 Å². The van der Waals surface area contributed by atoms with Gasteiger partial charge in [-0.3, -0.25) is 14.8 Å². The molecule has 4 nitrogen and oxygen atoms in total. The summed E-state index contributed by atoms with van der Waals surface area (Å²) in [6.45, 7) is 0. The fourth-order valence-corrected chi connectivity index (χ4v) is 2.05. The highest BCUT2D eigenvalue weighted by Gasteiger charge is 2.04. The number of rotatable bonds is 2. The predicted molar refractivity (Wildman–Crippen MR) is 88.4 cm³/mol. The normalized spacial score (nSPS) is 9.74. The summed E-state index contributed by atoms with van der Waals surface area (Å²) in [5.74, 6) is 5.71. The predicted octanol–water partition coefficient (Wildman–Crippen LogP) is 2.64. The minimum atomic E-state index is -0.464. The van der Waals surface area contributed by atoms with E-state index < -0.39 is 5.91 Å². The van der Waals surface area contributed by atoms with E-state index in [0.29, 0.717) is 11.3 Å². The molecule has 1 aromatic carbocycles. The third-order valence-electron chi connectivity index (χ3n) is 3.26. The number of amides is 1. The highest BCUT2D eigenvalue weighted by molar-refractivity contribution is 5.93. The molecule has 0 saturated carbocycles. The summed E-state index contributed by atoms with van der Waals surface area (Å²) < 4.78 is 0. The Morgan fingerprint density at radius 3 is 2.17 bits per heavy atom. The van der Waals surface area contributed by atoms with Gasteiger partial charge in [0.2, 0.25) is 5.91 Å². The van der Waals surface area contributed by atoms with Crippen LogP contribution in [0.2, 0.25) is 0 Å². The lowest BCUT2D eigenvalue weighted by molar-refractivity contribution is 0.1000. The summed E-state index contributed by atoms with van der Waals surface area (Å²) >= 11 is 0. The van der Waals surface area contributed by atoms with Crippen molar-refractivity contribution in [3.63, 3.8) is 0 Å². The molecule has 3 rings (SSSR count). The average molecular weight is 299 g/mol. The quantitative estimate of drug-likeness (QED) is 0.740. The summed E-state index contributed by atoms with van der Waals surface area (Å²) in [6.07, 6.45) is 5.00. The van der Waals surface area contributed by atoms with Crippen LogP contribution in [0.1, 0.15) is 21.5 Å². The first kappa shape index (κ1) is 14.5. The van der Waals surface area contributed by atoms with Gasteiger partial charge in [0.05, 0.1) is 5.69 Å². The lowest BCUT2D eigenvalue weighted by atomic mass is 10.1. The van der Waals surface area contributed by atoms with Crippen molar-refractivity contribution in [1.29, 1.82) is 0 Å². The van der Waals surface area contributed by atoms with Crippen molar-refractivity contribution in [2.75, 3.05) is 0 Å². The fourth-order valence-electron chi connectivity index (χ4n) is 2.05. The van der Waals surface area contributed by atoms with Crippen molar-refractivity contribution in [1.82, 2.24) is 9.97 Å². The molecule has 3 aromatic rings. The monoisotopic (exact) mass is 299 g/mol. The number of aromatic nitrogens is 2. The second-order valence-electron chi connectivity index (χ2n) is 4.86. The van der Waals surface area contributed by atoms with Crippen molar-refractivity contribution in [3.05, 3.63) is 83.8 Å². The molecule has 1 amide bonds. The molecule has 4 heteroatoms. The smallest absolute Gasteiger partial charge is 0.248 e. The largest absolute Gasteiger partial charge is 0.366 e. The molecule has 2 N–H and O–H groups in total. The van der Waals surface area contributed by atoms with Gasteiger partial charge in [-0.1, -0.05) is 24.0 Å². The molecule has 0 bridgehead atoms. The Kier molecular flexibility index (Phi) is 4.12. The van der Waals surface area contributed by atoms with Crippen LogP contribution in [0, 0.1) is 11.8 Å². The van der Waals surface area contributed by atoms with E-state index in [0.717, 1.165) is 16.7 Å². The molecule has 0 aliphatic carbocycles. The Hall–Kier alpha value is -3.45. The van der Waals surface area contributed by atoms with E-state index in [-0.39, 0.29) is 0 Å². The number of nitrogens with zero attached hydrogens (tertiary/aromatic N) is 2. The SMILES string of the molecule is NC(=O)c1ccnc(-c2ccc(C#Cc3ccncc3)cc2)c1. The van der Waals surface area contributed by atoms with Gasteiger partial charge in [0.15, 0.2) is 0 Å². The van der Waals surface area contributed by atoms with E-state index >= 15 is 0 Å². The van der Waals surface area contributed by atoms with E-state index in [4.69, 9.17) is 5.73 Å². The number of carbonyl (C=O) groups is 1. The number of pyridine rings is 2. The summed E-state index contributed by atoms with van der Waals surface area (Å²) in [4.78, 5) is 19.5. The summed E-state index contributed by atoms with van der Waals surface area (Å²) in [7, 11) is 0. The Balaban J connectivity index is 1.84. The van der Waals surface area contributed by atoms with Gasteiger partial charge >= 0.3 is 0 Å². The number of nitrogens with two attached hydrogens (primary N) is 1. The minimum Gasteiger partial charge on any atom is -0.366 e. The number of primary amides is 1. The molecule has 2 heterocycles. The maximum atomic E-state index is 11.2. The molecule has 0 fully saturated rings. The van der Waals surface area contributed by atoms with Gasteiger partial charge in [0.1, 0.15) is 0 Å². The lowest BCUT2D eigenvalue weighted by Gasteiger charge is -2.02. The molecule has 2 aromatic heterocycles. The maximum Gasteiger partial charge on any atom is 0.248 e. The summed E-state index contributed by atoms with van der Waals surface area (Å²) in [6, 6.07) is 14.7. The first-order valence-electron chi connectivity index (χ1n) is 7.01. The van der Waals surface area contributed by atoms with Gasteiger partial charge in [0.25, 0.3) is 0 Å². The van der Waals surface area contributed by atoms with Crippen molar-refractivity contribution in [2.24, 2.45) is 5.73 Å². The Morgan fingerprint density at radius 2 is 1.52 bits per heavy atom. The van der Waals surface area contributed by atoms with Crippen molar-refractivity contribution < 1.29 is 4.79 Å². The van der Waals surface area contributed by atoms with Crippen molar-refractivity contribution in [2.45, 2.75) is 0 Å². The molecule has 0 spiro atoms. The topological polar surface area (TPSA) is 68.9 Å². The van der Waals surface area contributed by atoms with Crippen LogP contribution in [-0.4, -0.2) is 15.9 Å². The van der Waals surface area contributed by atoms with Gasteiger partial charge < -0.3 is 5.73 Å². The van der Waals surface area contributed by atoms with Gasteiger partial charge in [-0.25, -0.2) is 0 Å². The molecule has 110 valence electrons. The second-order valence-corrected chi connectivity index (χ2v) is 4.86. The number of benzene rings is 1. The average Bonchev–Trinajstić information content (AvgIpc) is 2.61. The van der Waals surface area contributed by atoms with E-state index in [1.807, 2.05) is 36.4 Å². The zero-order valence-corrected chi connectivity index (χ0v) is 12.2. The van der Waals surface area contributed by atoms with Crippen LogP contribution in [0.15, 0.2) is 67.1 Å². The first-order valence-corrected chi connectivity index (χ1v) is 7.01. The highest BCUT2D eigenvalue weighted by Crippen LogP contribution is 2.18. The first-order chi connectivity index (χ1) is 11.2. The number of hydrogen-bond acceptors (Lipinski definition) is 3. The van der Waals surface area contributed by atoms with Crippen molar-refractivity contribution >= 4 is 5.91 Å². The molecule has 0 radical (unpaired) electrons. The molecule has 23 heavy (non-hydrogen) atoms. The van der Waals surface area contributed by atoms with Crippen LogP contribution in [0.5, 0.6) is 0 Å². The summed E-state index contributed by atoms with van der Waals surface area (Å²) in [5, 5.41) is 0. The molecule has 0 aliphatic rings. The van der Waals surface area contributed by atoms with Crippen LogP contribution >= 0.6 is 0 Å². The third-order valence-corrected chi connectivity index (χ3v) is 3.26. The molecular weight excluding hydrogens is 286 g/mol. The highest BCUT2D eigenvalue weighted by atomic mass is 16.1. The molecule has 0 saturated heterocycles. The van der Waals surface area contributed by atoms with E-state index in [9.17, 15) is 4.79 Å². The van der Waals surface area contributed by atoms with Crippen LogP contribution in [-0.2, 0) is 0 Å². The number of carbonyl (C=O) groups excluding carboxylic acids is 1. The Morgan fingerprint density at radius 1 is 0.870 bits per heavy atom. The second kappa shape index (κ2) is 6.54. The van der Waals surface area contributed by atoms with Crippen LogP contribution in [0.3, 0.4) is 0 Å². The molecular formula is C19H13N3O. The molecule has 0 atom stereocenters. The van der Waals surface area contributed by atoms with Crippen LogP contribution < -0.4 is 5.73 Å². The zero-order valence-electron chi connectivity index (χ0n) is 12.2. The van der Waals surface area contributed by atoms with Gasteiger partial charge in [-0.15, -0.1) is 0 Å².